The lowest BCUT2D eigenvalue weighted by molar-refractivity contribution is -0.131. The SMILES string of the molecule is CC(CBr)(OC(=O)c1ccccc1)C(=O)Nc1ccccc1. The Morgan fingerprint density at radius 3 is 2.14 bits per heavy atom. The molecule has 0 spiro atoms. The number of esters is 1. The number of ether oxygens (including phenoxy) is 1. The van der Waals surface area contributed by atoms with Gasteiger partial charge in [-0.1, -0.05) is 52.3 Å². The van der Waals surface area contributed by atoms with Crippen LogP contribution in [0.2, 0.25) is 0 Å². The Kier molecular flexibility index (Phi) is 5.33. The molecule has 114 valence electrons. The molecule has 1 amide bonds. The van der Waals surface area contributed by atoms with Gasteiger partial charge in [0.2, 0.25) is 0 Å². The molecule has 0 aliphatic heterocycles. The molecule has 2 aromatic rings. The minimum Gasteiger partial charge on any atom is -0.445 e. The van der Waals surface area contributed by atoms with Crippen molar-refractivity contribution < 1.29 is 14.3 Å². The molecule has 0 radical (unpaired) electrons. The first kappa shape index (κ1) is 16.2. The Labute approximate surface area is 137 Å². The van der Waals surface area contributed by atoms with Crippen LogP contribution in [0.25, 0.3) is 0 Å². The van der Waals surface area contributed by atoms with E-state index in [0.717, 1.165) is 0 Å². The highest BCUT2D eigenvalue weighted by molar-refractivity contribution is 9.09. The third kappa shape index (κ3) is 3.95. The molecule has 0 saturated heterocycles. The largest absolute Gasteiger partial charge is 0.445 e. The van der Waals surface area contributed by atoms with Gasteiger partial charge in [0, 0.05) is 5.69 Å². The summed E-state index contributed by atoms with van der Waals surface area (Å²) in [5, 5.41) is 2.94. The molecular formula is C17H16BrNO3. The highest BCUT2D eigenvalue weighted by Gasteiger charge is 2.36. The molecule has 5 heteroatoms. The van der Waals surface area contributed by atoms with Crippen LogP contribution >= 0.6 is 15.9 Å². The summed E-state index contributed by atoms with van der Waals surface area (Å²) in [4.78, 5) is 24.6. The number of amides is 1. The van der Waals surface area contributed by atoms with Crippen LogP contribution in [0.1, 0.15) is 17.3 Å². The summed E-state index contributed by atoms with van der Waals surface area (Å²) < 4.78 is 5.41. The zero-order valence-corrected chi connectivity index (χ0v) is 13.7. The van der Waals surface area contributed by atoms with Crippen LogP contribution in [0.3, 0.4) is 0 Å². The van der Waals surface area contributed by atoms with Gasteiger partial charge in [0.05, 0.1) is 10.9 Å². The van der Waals surface area contributed by atoms with Crippen molar-refractivity contribution in [2.24, 2.45) is 0 Å². The van der Waals surface area contributed by atoms with Gasteiger partial charge in [0.1, 0.15) is 0 Å². The quantitative estimate of drug-likeness (QED) is 0.653. The number of alkyl halides is 1. The second-order valence-electron chi connectivity index (χ2n) is 4.94. The summed E-state index contributed by atoms with van der Waals surface area (Å²) in [7, 11) is 0. The van der Waals surface area contributed by atoms with Gasteiger partial charge in [-0.2, -0.15) is 0 Å². The molecule has 2 aromatic carbocycles. The van der Waals surface area contributed by atoms with Crippen molar-refractivity contribution >= 4 is 33.5 Å². The third-order valence-corrected chi connectivity index (χ3v) is 4.16. The first-order valence-corrected chi connectivity index (χ1v) is 7.88. The molecule has 0 aromatic heterocycles. The molecule has 0 aliphatic carbocycles. The van der Waals surface area contributed by atoms with Crippen LogP contribution in [-0.2, 0) is 9.53 Å². The van der Waals surface area contributed by atoms with E-state index in [-0.39, 0.29) is 11.2 Å². The van der Waals surface area contributed by atoms with Crippen LogP contribution in [0.4, 0.5) is 5.69 Å². The number of halogens is 1. The number of benzene rings is 2. The van der Waals surface area contributed by atoms with E-state index in [4.69, 9.17) is 4.74 Å². The Morgan fingerprint density at radius 2 is 1.59 bits per heavy atom. The van der Waals surface area contributed by atoms with E-state index < -0.39 is 11.6 Å². The molecule has 0 saturated carbocycles. The van der Waals surface area contributed by atoms with Gasteiger partial charge in [-0.3, -0.25) is 4.79 Å². The van der Waals surface area contributed by atoms with E-state index in [0.29, 0.717) is 11.3 Å². The lowest BCUT2D eigenvalue weighted by atomic mass is 10.1. The Balaban J connectivity index is 2.11. The molecule has 22 heavy (non-hydrogen) atoms. The molecule has 0 aliphatic rings. The first-order valence-electron chi connectivity index (χ1n) is 6.76. The van der Waals surface area contributed by atoms with Crippen molar-refractivity contribution in [3.05, 3.63) is 66.2 Å². The van der Waals surface area contributed by atoms with Gasteiger partial charge < -0.3 is 10.1 Å². The van der Waals surface area contributed by atoms with Gasteiger partial charge in [0.15, 0.2) is 5.60 Å². The number of anilines is 1. The van der Waals surface area contributed by atoms with E-state index in [1.807, 2.05) is 24.3 Å². The maximum absolute atomic E-state index is 12.4. The number of hydrogen-bond donors (Lipinski definition) is 1. The topological polar surface area (TPSA) is 55.4 Å². The number of carbonyl (C=O) groups excluding carboxylic acids is 2. The van der Waals surface area contributed by atoms with E-state index in [1.54, 1.807) is 43.3 Å². The summed E-state index contributed by atoms with van der Waals surface area (Å²) in [5.74, 6) is -0.925. The second-order valence-corrected chi connectivity index (χ2v) is 5.50. The third-order valence-electron chi connectivity index (χ3n) is 3.09. The van der Waals surface area contributed by atoms with Crippen molar-refractivity contribution in [2.75, 3.05) is 10.6 Å². The molecular weight excluding hydrogens is 346 g/mol. The average Bonchev–Trinajstić information content (AvgIpc) is 2.56. The smallest absolute Gasteiger partial charge is 0.339 e. The van der Waals surface area contributed by atoms with Gasteiger partial charge >= 0.3 is 5.97 Å². The molecule has 4 nitrogen and oxygen atoms in total. The molecule has 2 rings (SSSR count). The predicted molar refractivity (Wildman–Crippen MR) is 89.1 cm³/mol. The molecule has 0 bridgehead atoms. The van der Waals surface area contributed by atoms with Crippen molar-refractivity contribution in [1.82, 2.24) is 0 Å². The number of para-hydroxylation sites is 1. The minimum atomic E-state index is -1.30. The number of carbonyl (C=O) groups is 2. The lowest BCUT2D eigenvalue weighted by Gasteiger charge is -2.26. The van der Waals surface area contributed by atoms with Gasteiger partial charge in [-0.25, -0.2) is 4.79 Å². The predicted octanol–water partition coefficient (Wildman–Crippen LogP) is 3.64. The second kappa shape index (κ2) is 7.22. The zero-order valence-electron chi connectivity index (χ0n) is 12.1. The Bertz CT molecular complexity index is 645. The number of hydrogen-bond acceptors (Lipinski definition) is 3. The number of rotatable bonds is 5. The normalized spacial score (nSPS) is 13.0. The van der Waals surface area contributed by atoms with E-state index in [1.165, 1.54) is 0 Å². The van der Waals surface area contributed by atoms with Crippen LogP contribution < -0.4 is 5.32 Å². The van der Waals surface area contributed by atoms with Crippen LogP contribution in [-0.4, -0.2) is 22.8 Å². The summed E-state index contributed by atoms with van der Waals surface area (Å²) in [6, 6.07) is 17.6. The minimum absolute atomic E-state index is 0.192. The molecule has 0 heterocycles. The van der Waals surface area contributed by atoms with E-state index in [9.17, 15) is 9.59 Å². The molecule has 1 unspecified atom stereocenters. The fraction of sp³-hybridized carbons (Fsp3) is 0.176. The van der Waals surface area contributed by atoms with Crippen molar-refractivity contribution in [2.45, 2.75) is 12.5 Å². The van der Waals surface area contributed by atoms with Crippen LogP contribution in [0.15, 0.2) is 60.7 Å². The van der Waals surface area contributed by atoms with E-state index >= 15 is 0 Å². The Morgan fingerprint density at radius 1 is 1.05 bits per heavy atom. The summed E-state index contributed by atoms with van der Waals surface area (Å²) in [6.45, 7) is 1.57. The fourth-order valence-electron chi connectivity index (χ4n) is 1.76. The maximum atomic E-state index is 12.4. The first-order chi connectivity index (χ1) is 10.5. The summed E-state index contributed by atoms with van der Waals surface area (Å²) in [5.41, 5.74) is -0.249. The highest BCUT2D eigenvalue weighted by atomic mass is 79.9. The van der Waals surface area contributed by atoms with E-state index in [2.05, 4.69) is 21.2 Å². The lowest BCUT2D eigenvalue weighted by Crippen LogP contribution is -2.45. The fourth-order valence-corrected chi connectivity index (χ4v) is 2.13. The van der Waals surface area contributed by atoms with Crippen LogP contribution in [0, 0.1) is 0 Å². The van der Waals surface area contributed by atoms with Crippen molar-refractivity contribution in [3.63, 3.8) is 0 Å². The zero-order chi connectivity index (χ0) is 16.0. The van der Waals surface area contributed by atoms with Crippen molar-refractivity contribution in [3.8, 4) is 0 Å². The molecule has 0 fully saturated rings. The van der Waals surface area contributed by atoms with Crippen molar-refractivity contribution in [1.29, 1.82) is 0 Å². The average molecular weight is 362 g/mol. The maximum Gasteiger partial charge on any atom is 0.339 e. The van der Waals surface area contributed by atoms with Gasteiger partial charge in [-0.05, 0) is 31.2 Å². The number of nitrogens with one attached hydrogen (secondary N) is 1. The molecule has 1 atom stereocenters. The van der Waals surface area contributed by atoms with Crippen LogP contribution in [0.5, 0.6) is 0 Å². The standard InChI is InChI=1S/C17H16BrNO3/c1-17(12-18,16(21)19-14-10-6-3-7-11-14)22-15(20)13-8-4-2-5-9-13/h2-11H,12H2,1H3,(H,19,21). The monoisotopic (exact) mass is 361 g/mol. The summed E-state index contributed by atoms with van der Waals surface area (Å²) >= 11 is 3.25. The van der Waals surface area contributed by atoms with Gasteiger partial charge in [0.25, 0.3) is 5.91 Å². The summed E-state index contributed by atoms with van der Waals surface area (Å²) in [6.07, 6.45) is 0. The Hall–Kier alpha value is -2.14. The van der Waals surface area contributed by atoms with Gasteiger partial charge in [-0.15, -0.1) is 0 Å². The molecule has 1 N–H and O–H groups in total. The highest BCUT2D eigenvalue weighted by Crippen LogP contribution is 2.19.